The highest BCUT2D eigenvalue weighted by Gasteiger charge is 2.12. The number of aromatic nitrogens is 2. The summed E-state index contributed by atoms with van der Waals surface area (Å²) in [5, 5.41) is 1.98. The van der Waals surface area contributed by atoms with Gasteiger partial charge in [-0.2, -0.15) is 0 Å². The molecule has 0 N–H and O–H groups in total. The van der Waals surface area contributed by atoms with Crippen molar-refractivity contribution in [2.24, 2.45) is 0 Å². The Balaban J connectivity index is 1.76. The van der Waals surface area contributed by atoms with Gasteiger partial charge < -0.3 is 9.47 Å². The van der Waals surface area contributed by atoms with Crippen LogP contribution >= 0.6 is 11.6 Å². The Morgan fingerprint density at radius 2 is 1.71 bits per heavy atom. The van der Waals surface area contributed by atoms with E-state index < -0.39 is 0 Å². The standard InChI is InChI=1S/C24H24ClN3/c1-27(2)11-6-12-28-17-23(22-10-9-21(25)14-24(22)28)20-13-19(15-26-16-20)18-7-4-3-5-8-18/h3-5,7-10,13-17H,6,11-12H2,1-2H3. The lowest BCUT2D eigenvalue weighted by Gasteiger charge is -2.10. The van der Waals surface area contributed by atoms with Crippen LogP contribution in [0.1, 0.15) is 6.42 Å². The smallest absolute Gasteiger partial charge is 0.0501 e. The van der Waals surface area contributed by atoms with E-state index in [-0.39, 0.29) is 0 Å². The first-order valence-corrected chi connectivity index (χ1v) is 9.93. The molecule has 0 unspecified atom stereocenters. The second-order valence-electron chi connectivity index (χ2n) is 7.38. The summed E-state index contributed by atoms with van der Waals surface area (Å²) in [6, 6.07) is 18.7. The molecule has 4 heteroatoms. The molecular formula is C24H24ClN3. The zero-order valence-corrected chi connectivity index (χ0v) is 17.0. The van der Waals surface area contributed by atoms with Crippen molar-refractivity contribution >= 4 is 22.5 Å². The highest BCUT2D eigenvalue weighted by atomic mass is 35.5. The highest BCUT2D eigenvalue weighted by molar-refractivity contribution is 6.31. The number of aryl methyl sites for hydroxylation is 1. The molecule has 28 heavy (non-hydrogen) atoms. The number of benzene rings is 2. The van der Waals surface area contributed by atoms with Gasteiger partial charge in [0.05, 0.1) is 5.52 Å². The molecule has 0 radical (unpaired) electrons. The van der Waals surface area contributed by atoms with E-state index in [1.165, 1.54) is 22.0 Å². The third-order valence-electron chi connectivity index (χ3n) is 5.01. The Kier molecular flexibility index (Phi) is 5.47. The Morgan fingerprint density at radius 3 is 2.50 bits per heavy atom. The van der Waals surface area contributed by atoms with Gasteiger partial charge in [-0.25, -0.2) is 0 Å². The molecular weight excluding hydrogens is 366 g/mol. The molecule has 3 nitrogen and oxygen atoms in total. The summed E-state index contributed by atoms with van der Waals surface area (Å²) in [7, 11) is 4.22. The van der Waals surface area contributed by atoms with Crippen LogP contribution in [0.25, 0.3) is 33.2 Å². The van der Waals surface area contributed by atoms with Crippen molar-refractivity contribution in [3.05, 3.63) is 78.2 Å². The third-order valence-corrected chi connectivity index (χ3v) is 5.24. The van der Waals surface area contributed by atoms with Gasteiger partial charge in [-0.15, -0.1) is 0 Å². The van der Waals surface area contributed by atoms with Gasteiger partial charge in [-0.1, -0.05) is 48.0 Å². The first-order valence-electron chi connectivity index (χ1n) is 9.56. The quantitative estimate of drug-likeness (QED) is 0.404. The molecule has 0 fully saturated rings. The summed E-state index contributed by atoms with van der Waals surface area (Å²) in [6.07, 6.45) is 7.19. The van der Waals surface area contributed by atoms with Crippen molar-refractivity contribution in [1.29, 1.82) is 0 Å². The SMILES string of the molecule is CN(C)CCCn1cc(-c2cncc(-c3ccccc3)c2)c2ccc(Cl)cc21. The lowest BCUT2D eigenvalue weighted by atomic mass is 10.0. The van der Waals surface area contributed by atoms with Gasteiger partial charge in [0, 0.05) is 52.2 Å². The molecule has 0 saturated heterocycles. The van der Waals surface area contributed by atoms with E-state index in [0.29, 0.717) is 0 Å². The maximum atomic E-state index is 6.30. The monoisotopic (exact) mass is 389 g/mol. The summed E-state index contributed by atoms with van der Waals surface area (Å²) >= 11 is 6.30. The van der Waals surface area contributed by atoms with Gasteiger partial charge in [0.15, 0.2) is 0 Å². The van der Waals surface area contributed by atoms with Crippen LogP contribution in [0.4, 0.5) is 0 Å². The predicted octanol–water partition coefficient (Wildman–Crippen LogP) is 5.98. The van der Waals surface area contributed by atoms with Crippen LogP contribution in [0.2, 0.25) is 5.02 Å². The first-order chi connectivity index (χ1) is 13.6. The molecule has 0 aliphatic heterocycles. The van der Waals surface area contributed by atoms with E-state index in [9.17, 15) is 0 Å². The zero-order chi connectivity index (χ0) is 19.5. The molecule has 0 aliphatic carbocycles. The summed E-state index contributed by atoms with van der Waals surface area (Å²) in [5.74, 6) is 0. The molecule has 0 saturated carbocycles. The van der Waals surface area contributed by atoms with Crippen molar-refractivity contribution in [3.8, 4) is 22.3 Å². The molecule has 2 aromatic heterocycles. The van der Waals surface area contributed by atoms with E-state index >= 15 is 0 Å². The number of hydrogen-bond acceptors (Lipinski definition) is 2. The average Bonchev–Trinajstić information content (AvgIpc) is 3.06. The Hall–Kier alpha value is -2.62. The summed E-state index contributed by atoms with van der Waals surface area (Å²) in [5.41, 5.74) is 5.79. The molecule has 2 heterocycles. The van der Waals surface area contributed by atoms with Gasteiger partial charge in [-0.05, 0) is 50.8 Å². The van der Waals surface area contributed by atoms with Crippen molar-refractivity contribution in [2.75, 3.05) is 20.6 Å². The summed E-state index contributed by atoms with van der Waals surface area (Å²) < 4.78 is 2.31. The lowest BCUT2D eigenvalue weighted by molar-refractivity contribution is 0.388. The number of nitrogens with zero attached hydrogens (tertiary/aromatic N) is 3. The number of fused-ring (bicyclic) bond motifs is 1. The van der Waals surface area contributed by atoms with Gasteiger partial charge in [0.2, 0.25) is 0 Å². The van der Waals surface area contributed by atoms with Gasteiger partial charge >= 0.3 is 0 Å². The van der Waals surface area contributed by atoms with Gasteiger partial charge in [0.25, 0.3) is 0 Å². The number of hydrogen-bond donors (Lipinski definition) is 0. The molecule has 0 aliphatic rings. The molecule has 0 amide bonds. The van der Waals surface area contributed by atoms with Crippen LogP contribution in [0, 0.1) is 0 Å². The highest BCUT2D eigenvalue weighted by Crippen LogP contribution is 2.34. The predicted molar refractivity (Wildman–Crippen MR) is 119 cm³/mol. The first kappa shape index (κ1) is 18.7. The van der Waals surface area contributed by atoms with Crippen LogP contribution in [0.3, 0.4) is 0 Å². The van der Waals surface area contributed by atoms with Gasteiger partial charge in [0.1, 0.15) is 0 Å². The van der Waals surface area contributed by atoms with E-state index in [1.807, 2.05) is 24.5 Å². The van der Waals surface area contributed by atoms with E-state index in [2.05, 4.69) is 77.2 Å². The fourth-order valence-electron chi connectivity index (χ4n) is 3.61. The van der Waals surface area contributed by atoms with Crippen LogP contribution in [0.15, 0.2) is 73.2 Å². The second-order valence-corrected chi connectivity index (χ2v) is 7.82. The minimum atomic E-state index is 0.766. The maximum Gasteiger partial charge on any atom is 0.0501 e. The average molecular weight is 390 g/mol. The lowest BCUT2D eigenvalue weighted by Crippen LogP contribution is -2.14. The van der Waals surface area contributed by atoms with Crippen molar-refractivity contribution in [3.63, 3.8) is 0 Å². The summed E-state index contributed by atoms with van der Waals surface area (Å²) in [6.45, 7) is 2.02. The number of rotatable bonds is 6. The second kappa shape index (κ2) is 8.17. The van der Waals surface area contributed by atoms with Crippen molar-refractivity contribution < 1.29 is 0 Å². The van der Waals surface area contributed by atoms with Crippen molar-refractivity contribution in [1.82, 2.24) is 14.5 Å². The number of halogens is 1. The Bertz CT molecular complexity index is 1080. The fourth-order valence-corrected chi connectivity index (χ4v) is 3.78. The zero-order valence-electron chi connectivity index (χ0n) is 16.3. The van der Waals surface area contributed by atoms with Crippen molar-refractivity contribution in [2.45, 2.75) is 13.0 Å². The summed E-state index contributed by atoms with van der Waals surface area (Å²) in [4.78, 5) is 6.73. The molecule has 4 aromatic rings. The minimum Gasteiger partial charge on any atom is -0.347 e. The topological polar surface area (TPSA) is 21.1 Å². The van der Waals surface area contributed by atoms with Gasteiger partial charge in [-0.3, -0.25) is 4.98 Å². The van der Waals surface area contributed by atoms with Crippen LogP contribution in [0.5, 0.6) is 0 Å². The van der Waals surface area contributed by atoms with Crippen LogP contribution < -0.4 is 0 Å². The van der Waals surface area contributed by atoms with E-state index in [4.69, 9.17) is 11.6 Å². The minimum absolute atomic E-state index is 0.766. The molecule has 0 bridgehead atoms. The van der Waals surface area contributed by atoms with Crippen LogP contribution in [-0.2, 0) is 6.54 Å². The number of pyridine rings is 1. The third kappa shape index (κ3) is 3.96. The normalized spacial score (nSPS) is 11.4. The molecule has 2 aromatic carbocycles. The largest absolute Gasteiger partial charge is 0.347 e. The molecule has 4 rings (SSSR count). The Morgan fingerprint density at radius 1 is 0.929 bits per heavy atom. The fraction of sp³-hybridized carbons (Fsp3) is 0.208. The molecule has 0 spiro atoms. The maximum absolute atomic E-state index is 6.30. The van der Waals surface area contributed by atoms with E-state index in [1.54, 1.807) is 0 Å². The van der Waals surface area contributed by atoms with E-state index in [0.717, 1.165) is 35.7 Å². The Labute approximate surface area is 171 Å². The molecule has 142 valence electrons. The van der Waals surface area contributed by atoms with Crippen LogP contribution in [-0.4, -0.2) is 35.1 Å². The molecule has 0 atom stereocenters.